The molecule has 4 aromatic rings. The highest BCUT2D eigenvalue weighted by molar-refractivity contribution is 6.43. The van der Waals surface area contributed by atoms with Gasteiger partial charge in [-0.1, -0.05) is 62.2 Å². The quantitative estimate of drug-likeness (QED) is 0.338. The van der Waals surface area contributed by atoms with Gasteiger partial charge in [0.2, 0.25) is 5.89 Å². The minimum absolute atomic E-state index is 0.0631. The average molecular weight is 469 g/mol. The third-order valence-electron chi connectivity index (χ3n) is 4.94. The van der Waals surface area contributed by atoms with Gasteiger partial charge in [-0.2, -0.15) is 0 Å². The molecular formula is C25H22Cl2N2O3. The lowest BCUT2D eigenvalue weighted by Crippen LogP contribution is -2.20. The molecule has 164 valence electrons. The second kappa shape index (κ2) is 8.85. The zero-order valence-corrected chi connectivity index (χ0v) is 19.4. The highest BCUT2D eigenvalue weighted by Crippen LogP contribution is 2.35. The molecule has 5 nitrogen and oxygen atoms in total. The number of carbonyl (C=O) groups is 1. The fourth-order valence-electron chi connectivity index (χ4n) is 3.19. The number of hydrogen-bond donors (Lipinski definition) is 1. The Morgan fingerprint density at radius 1 is 1.06 bits per heavy atom. The van der Waals surface area contributed by atoms with Gasteiger partial charge in [0.05, 0.1) is 15.6 Å². The first kappa shape index (κ1) is 22.2. The zero-order valence-electron chi connectivity index (χ0n) is 17.9. The summed E-state index contributed by atoms with van der Waals surface area (Å²) in [6.45, 7) is 6.34. The Bertz CT molecular complexity index is 1270. The van der Waals surface area contributed by atoms with Crippen LogP contribution in [0.4, 0.5) is 5.69 Å². The van der Waals surface area contributed by atoms with Crippen LogP contribution < -0.4 is 10.1 Å². The Morgan fingerprint density at radius 3 is 2.53 bits per heavy atom. The number of amides is 1. The summed E-state index contributed by atoms with van der Waals surface area (Å²) < 4.78 is 11.4. The van der Waals surface area contributed by atoms with Gasteiger partial charge in [0, 0.05) is 5.69 Å². The van der Waals surface area contributed by atoms with E-state index < -0.39 is 0 Å². The molecule has 0 saturated carbocycles. The summed E-state index contributed by atoms with van der Waals surface area (Å²) in [5.74, 6) is 0.729. The second-order valence-corrected chi connectivity index (χ2v) is 9.20. The van der Waals surface area contributed by atoms with Crippen molar-refractivity contribution in [2.24, 2.45) is 0 Å². The van der Waals surface area contributed by atoms with E-state index in [2.05, 4.69) is 31.1 Å². The lowest BCUT2D eigenvalue weighted by molar-refractivity contribution is -0.118. The topological polar surface area (TPSA) is 64.4 Å². The predicted molar refractivity (Wildman–Crippen MR) is 129 cm³/mol. The van der Waals surface area contributed by atoms with Gasteiger partial charge in [-0.15, -0.1) is 0 Å². The van der Waals surface area contributed by atoms with Crippen LogP contribution in [0.1, 0.15) is 26.3 Å². The molecule has 1 aromatic heterocycles. The minimum Gasteiger partial charge on any atom is -0.484 e. The van der Waals surface area contributed by atoms with Crippen LogP contribution in [0.25, 0.3) is 22.6 Å². The van der Waals surface area contributed by atoms with E-state index in [1.807, 2.05) is 24.3 Å². The van der Waals surface area contributed by atoms with Crippen molar-refractivity contribution in [2.75, 3.05) is 11.9 Å². The molecule has 1 N–H and O–H groups in total. The van der Waals surface area contributed by atoms with Crippen LogP contribution >= 0.6 is 23.2 Å². The number of benzene rings is 3. The molecule has 0 bridgehead atoms. The lowest BCUT2D eigenvalue weighted by atomic mass is 9.87. The monoisotopic (exact) mass is 468 g/mol. The number of anilines is 1. The smallest absolute Gasteiger partial charge is 0.262 e. The maximum atomic E-state index is 12.3. The molecule has 0 spiro atoms. The lowest BCUT2D eigenvalue weighted by Gasteiger charge is -2.19. The van der Waals surface area contributed by atoms with E-state index in [1.54, 1.807) is 36.4 Å². The number of fused-ring (bicyclic) bond motifs is 1. The van der Waals surface area contributed by atoms with Crippen LogP contribution in [0.5, 0.6) is 5.75 Å². The molecule has 0 aliphatic heterocycles. The van der Waals surface area contributed by atoms with Gasteiger partial charge in [-0.25, -0.2) is 4.98 Å². The molecular weight excluding hydrogens is 447 g/mol. The summed E-state index contributed by atoms with van der Waals surface area (Å²) in [7, 11) is 0. The Hall–Kier alpha value is -3.02. The summed E-state index contributed by atoms with van der Waals surface area (Å²) >= 11 is 12.4. The van der Waals surface area contributed by atoms with Crippen LogP contribution in [0, 0.1) is 0 Å². The van der Waals surface area contributed by atoms with Crippen molar-refractivity contribution in [3.05, 3.63) is 76.3 Å². The average Bonchev–Trinajstić information content (AvgIpc) is 3.17. The number of halogens is 2. The molecule has 0 aliphatic carbocycles. The number of rotatable bonds is 5. The molecule has 1 amide bonds. The van der Waals surface area contributed by atoms with E-state index in [1.165, 1.54) is 5.56 Å². The molecule has 0 atom stereocenters. The van der Waals surface area contributed by atoms with Crippen molar-refractivity contribution in [1.29, 1.82) is 0 Å². The van der Waals surface area contributed by atoms with Gasteiger partial charge < -0.3 is 14.5 Å². The number of oxazole rings is 1. The molecule has 3 aromatic carbocycles. The molecule has 7 heteroatoms. The fraction of sp³-hybridized carbons (Fsp3) is 0.200. The minimum atomic E-state index is -0.272. The first-order valence-corrected chi connectivity index (χ1v) is 10.8. The molecule has 1 heterocycles. The first-order chi connectivity index (χ1) is 15.2. The second-order valence-electron chi connectivity index (χ2n) is 8.41. The molecule has 0 aliphatic rings. The Morgan fingerprint density at radius 2 is 1.81 bits per heavy atom. The molecule has 0 radical (unpaired) electrons. The van der Waals surface area contributed by atoms with E-state index in [-0.39, 0.29) is 17.9 Å². The summed E-state index contributed by atoms with van der Waals surface area (Å²) in [6, 6.07) is 18.2. The number of carbonyl (C=O) groups excluding carboxylic acids is 1. The van der Waals surface area contributed by atoms with Gasteiger partial charge in [0.1, 0.15) is 11.3 Å². The molecule has 32 heavy (non-hydrogen) atoms. The normalized spacial score (nSPS) is 11.5. The van der Waals surface area contributed by atoms with Gasteiger partial charge in [-0.3, -0.25) is 4.79 Å². The van der Waals surface area contributed by atoms with Gasteiger partial charge in [-0.05, 0) is 53.4 Å². The highest BCUT2D eigenvalue weighted by atomic mass is 35.5. The van der Waals surface area contributed by atoms with Gasteiger partial charge in [0.15, 0.2) is 12.2 Å². The Kier molecular flexibility index (Phi) is 6.13. The third-order valence-corrected chi connectivity index (χ3v) is 5.76. The van der Waals surface area contributed by atoms with E-state index in [9.17, 15) is 4.79 Å². The molecule has 0 fully saturated rings. The van der Waals surface area contributed by atoms with Crippen LogP contribution in [-0.4, -0.2) is 17.5 Å². The molecule has 0 unspecified atom stereocenters. The summed E-state index contributed by atoms with van der Waals surface area (Å²) in [5, 5.41) is 3.62. The summed E-state index contributed by atoms with van der Waals surface area (Å²) in [6.07, 6.45) is 0. The maximum Gasteiger partial charge on any atom is 0.262 e. The number of nitrogens with zero attached hydrogens (tertiary/aromatic N) is 1. The first-order valence-electron chi connectivity index (χ1n) is 10.1. The predicted octanol–water partition coefficient (Wildman–Crippen LogP) is 7.12. The summed E-state index contributed by atoms with van der Waals surface area (Å²) in [4.78, 5) is 16.8. The molecule has 0 saturated heterocycles. The van der Waals surface area contributed by atoms with E-state index in [4.69, 9.17) is 32.4 Å². The number of ether oxygens (including phenoxy) is 1. The fourth-order valence-corrected chi connectivity index (χ4v) is 3.57. The van der Waals surface area contributed by atoms with Gasteiger partial charge >= 0.3 is 0 Å². The third kappa shape index (κ3) is 4.90. The van der Waals surface area contributed by atoms with Crippen molar-refractivity contribution in [2.45, 2.75) is 26.2 Å². The maximum absolute atomic E-state index is 12.3. The number of nitrogens with one attached hydrogen (secondary N) is 1. The van der Waals surface area contributed by atoms with Crippen molar-refractivity contribution in [1.82, 2.24) is 4.98 Å². The van der Waals surface area contributed by atoms with Crippen LogP contribution in [0.15, 0.2) is 65.1 Å². The van der Waals surface area contributed by atoms with Crippen LogP contribution in [-0.2, 0) is 10.2 Å². The van der Waals surface area contributed by atoms with Crippen molar-refractivity contribution < 1.29 is 13.9 Å². The Balaban J connectivity index is 1.43. The number of aromatic nitrogens is 1. The van der Waals surface area contributed by atoms with Gasteiger partial charge in [0.25, 0.3) is 5.91 Å². The van der Waals surface area contributed by atoms with E-state index >= 15 is 0 Å². The highest BCUT2D eigenvalue weighted by Gasteiger charge is 2.15. The zero-order chi connectivity index (χ0) is 22.9. The Labute approximate surface area is 196 Å². The van der Waals surface area contributed by atoms with Crippen molar-refractivity contribution >= 4 is 45.9 Å². The SMILES string of the molecule is CC(C)(C)c1ccc(OCC(=O)Nc2ccc3oc(-c4cccc(Cl)c4Cl)nc3c2)cc1. The standard InChI is InChI=1S/C25H22Cl2N2O3/c1-25(2,3)15-7-10-17(11-8-15)31-14-22(30)28-16-9-12-21-20(13-16)29-24(32-21)18-5-4-6-19(26)23(18)27/h4-13H,14H2,1-3H3,(H,28,30). The van der Waals surface area contributed by atoms with Crippen LogP contribution in [0.3, 0.4) is 0 Å². The number of hydrogen-bond acceptors (Lipinski definition) is 4. The molecule has 4 rings (SSSR count). The van der Waals surface area contributed by atoms with Crippen molar-refractivity contribution in [3.8, 4) is 17.2 Å². The van der Waals surface area contributed by atoms with E-state index in [0.717, 1.165) is 0 Å². The van der Waals surface area contributed by atoms with E-state index in [0.29, 0.717) is 44.0 Å². The van der Waals surface area contributed by atoms with Crippen LogP contribution in [0.2, 0.25) is 10.0 Å². The summed E-state index contributed by atoms with van der Waals surface area (Å²) in [5.41, 5.74) is 3.62. The van der Waals surface area contributed by atoms with Crippen molar-refractivity contribution in [3.63, 3.8) is 0 Å². The largest absolute Gasteiger partial charge is 0.484 e.